The van der Waals surface area contributed by atoms with Gasteiger partial charge in [-0.15, -0.1) is 0 Å². The topological polar surface area (TPSA) is 140 Å². The first-order valence-corrected chi connectivity index (χ1v) is 8.01. The zero-order valence-electron chi connectivity index (χ0n) is 13.8. The monoisotopic (exact) mass is 380 g/mol. The van der Waals surface area contributed by atoms with Crippen LogP contribution in [0.5, 0.6) is 5.75 Å². The van der Waals surface area contributed by atoms with Crippen LogP contribution in [0.3, 0.4) is 0 Å². The first-order chi connectivity index (χ1) is 12.4. The molecule has 10 nitrogen and oxygen atoms in total. The van der Waals surface area contributed by atoms with E-state index >= 15 is 0 Å². The number of aromatic nitrogens is 4. The van der Waals surface area contributed by atoms with Crippen molar-refractivity contribution in [3.05, 3.63) is 50.1 Å². The van der Waals surface area contributed by atoms with Crippen molar-refractivity contribution in [3.8, 4) is 5.75 Å². The Labute approximate surface area is 151 Å². The number of nitrogen functional groups attached to an aromatic ring is 1. The molecule has 0 aliphatic rings. The number of aromatic amines is 1. The highest BCUT2D eigenvalue weighted by Crippen LogP contribution is 2.17. The third-order valence-electron chi connectivity index (χ3n) is 3.79. The molecule has 0 saturated heterocycles. The highest BCUT2D eigenvalue weighted by Gasteiger charge is 2.19. The van der Waals surface area contributed by atoms with Gasteiger partial charge in [0.2, 0.25) is 5.95 Å². The lowest BCUT2D eigenvalue weighted by Crippen LogP contribution is -2.31. The van der Waals surface area contributed by atoms with E-state index in [2.05, 4.69) is 15.4 Å². The van der Waals surface area contributed by atoms with Crippen LogP contribution in [0, 0.1) is 0 Å². The molecule has 0 saturated carbocycles. The van der Waals surface area contributed by atoms with Gasteiger partial charge < -0.3 is 14.4 Å². The van der Waals surface area contributed by atoms with E-state index in [1.165, 1.54) is 16.2 Å². The molecule has 0 unspecified atom stereocenters. The number of hydrogen-bond donors (Lipinski definition) is 4. The third kappa shape index (κ3) is 3.43. The third-order valence-corrected chi connectivity index (χ3v) is 4.04. The average Bonchev–Trinajstić information content (AvgIpc) is 2.98. The average molecular weight is 381 g/mol. The second-order valence-corrected chi connectivity index (χ2v) is 6.04. The predicted molar refractivity (Wildman–Crippen MR) is 96.4 cm³/mol. The number of nitrogens with zero attached hydrogens (tertiary/aromatic N) is 3. The zero-order valence-corrected chi connectivity index (χ0v) is 14.5. The van der Waals surface area contributed by atoms with Crippen molar-refractivity contribution in [2.45, 2.75) is 12.6 Å². The van der Waals surface area contributed by atoms with E-state index in [-0.39, 0.29) is 30.3 Å². The highest BCUT2D eigenvalue weighted by molar-refractivity contribution is 6.30. The maximum Gasteiger partial charge on any atom is 0.329 e. The fourth-order valence-electron chi connectivity index (χ4n) is 2.51. The van der Waals surface area contributed by atoms with Gasteiger partial charge in [0.05, 0.1) is 6.54 Å². The second kappa shape index (κ2) is 7.20. The number of halogens is 1. The Morgan fingerprint density at radius 3 is 2.73 bits per heavy atom. The van der Waals surface area contributed by atoms with Crippen LogP contribution < -0.4 is 27.3 Å². The Morgan fingerprint density at radius 2 is 2.08 bits per heavy atom. The van der Waals surface area contributed by atoms with Gasteiger partial charge in [0, 0.05) is 12.1 Å². The predicted octanol–water partition coefficient (Wildman–Crippen LogP) is -0.198. The molecule has 138 valence electrons. The Bertz CT molecular complexity index is 1040. The molecule has 0 amide bonds. The molecule has 0 radical (unpaired) electrons. The first-order valence-electron chi connectivity index (χ1n) is 7.63. The number of fused-ring (bicyclic) bond motifs is 1. The number of aryl methyl sites for hydroxylation is 1. The van der Waals surface area contributed by atoms with Crippen molar-refractivity contribution in [2.24, 2.45) is 12.9 Å². The standard InChI is InChI=1S/C15H17ClN6O4/c1-21-12-11(13(24)19-15(21)25)22(14(18-12)20-17)6-9(23)7-26-10-4-2-8(16)3-5-10/h2-5,9,23H,6-7,17H2,1H3,(H,18,20)(H,19,24,25)/t9-/m0/s1. The number of nitrogens with one attached hydrogen (secondary N) is 2. The summed E-state index contributed by atoms with van der Waals surface area (Å²) in [6.45, 7) is -0.0557. The summed E-state index contributed by atoms with van der Waals surface area (Å²) in [5.74, 6) is 6.13. The quantitative estimate of drug-likeness (QED) is 0.343. The minimum absolute atomic E-state index is 0.0229. The number of ether oxygens (including phenoxy) is 1. The molecule has 3 aromatic rings. The number of benzene rings is 1. The number of H-pyrrole nitrogens is 1. The largest absolute Gasteiger partial charge is 0.491 e. The Balaban J connectivity index is 1.85. The Hall–Kier alpha value is -2.82. The molecule has 2 aromatic heterocycles. The van der Waals surface area contributed by atoms with E-state index in [9.17, 15) is 14.7 Å². The van der Waals surface area contributed by atoms with Gasteiger partial charge in [0.1, 0.15) is 18.5 Å². The number of rotatable bonds is 6. The van der Waals surface area contributed by atoms with Gasteiger partial charge in [-0.25, -0.2) is 10.6 Å². The summed E-state index contributed by atoms with van der Waals surface area (Å²) in [6, 6.07) is 6.69. The minimum atomic E-state index is -0.966. The van der Waals surface area contributed by atoms with Crippen molar-refractivity contribution >= 4 is 28.7 Å². The molecule has 1 atom stereocenters. The van der Waals surface area contributed by atoms with Crippen LogP contribution in [0.25, 0.3) is 11.2 Å². The van der Waals surface area contributed by atoms with Gasteiger partial charge in [0.25, 0.3) is 5.56 Å². The van der Waals surface area contributed by atoms with Crippen molar-refractivity contribution in [1.29, 1.82) is 0 Å². The summed E-state index contributed by atoms with van der Waals surface area (Å²) in [4.78, 5) is 30.2. The van der Waals surface area contributed by atoms with Crippen LogP contribution in [0.1, 0.15) is 0 Å². The number of nitrogens with two attached hydrogens (primary N) is 1. The maximum atomic E-state index is 12.2. The van der Waals surface area contributed by atoms with Crippen LogP contribution in [-0.2, 0) is 13.6 Å². The highest BCUT2D eigenvalue weighted by atomic mass is 35.5. The number of imidazole rings is 1. The summed E-state index contributed by atoms with van der Waals surface area (Å²) < 4.78 is 8.07. The fraction of sp³-hybridized carbons (Fsp3) is 0.267. The molecule has 26 heavy (non-hydrogen) atoms. The molecule has 0 aliphatic heterocycles. The van der Waals surface area contributed by atoms with Gasteiger partial charge >= 0.3 is 5.69 Å². The molecular formula is C15H17ClN6O4. The number of aliphatic hydroxyl groups is 1. The van der Waals surface area contributed by atoms with Crippen LogP contribution in [0.15, 0.2) is 33.9 Å². The van der Waals surface area contributed by atoms with E-state index in [1.807, 2.05) is 0 Å². The van der Waals surface area contributed by atoms with Crippen molar-refractivity contribution in [1.82, 2.24) is 19.1 Å². The summed E-state index contributed by atoms with van der Waals surface area (Å²) in [6.07, 6.45) is -0.966. The maximum absolute atomic E-state index is 12.2. The van der Waals surface area contributed by atoms with E-state index in [1.54, 1.807) is 24.3 Å². The van der Waals surface area contributed by atoms with Gasteiger partial charge in [-0.2, -0.15) is 4.98 Å². The molecule has 2 heterocycles. The van der Waals surface area contributed by atoms with Gasteiger partial charge in [-0.05, 0) is 24.3 Å². The number of hydrazine groups is 1. The Kier molecular flexibility index (Phi) is 4.98. The lowest BCUT2D eigenvalue weighted by atomic mass is 10.3. The van der Waals surface area contributed by atoms with E-state index in [4.69, 9.17) is 22.2 Å². The fourth-order valence-corrected chi connectivity index (χ4v) is 2.64. The minimum Gasteiger partial charge on any atom is -0.491 e. The van der Waals surface area contributed by atoms with Crippen molar-refractivity contribution in [3.63, 3.8) is 0 Å². The second-order valence-electron chi connectivity index (χ2n) is 5.60. The molecule has 5 N–H and O–H groups in total. The van der Waals surface area contributed by atoms with Gasteiger partial charge in [-0.1, -0.05) is 11.6 Å². The lowest BCUT2D eigenvalue weighted by Gasteiger charge is -2.15. The molecule has 0 fully saturated rings. The number of aliphatic hydroxyl groups excluding tert-OH is 1. The molecular weight excluding hydrogens is 364 g/mol. The molecule has 1 aromatic carbocycles. The van der Waals surface area contributed by atoms with Crippen molar-refractivity contribution < 1.29 is 9.84 Å². The van der Waals surface area contributed by atoms with Crippen LogP contribution in [-0.4, -0.2) is 36.9 Å². The lowest BCUT2D eigenvalue weighted by molar-refractivity contribution is 0.0938. The molecule has 0 bridgehead atoms. The zero-order chi connectivity index (χ0) is 18.8. The summed E-state index contributed by atoms with van der Waals surface area (Å²) in [5.41, 5.74) is 1.41. The van der Waals surface area contributed by atoms with Crippen molar-refractivity contribution in [2.75, 3.05) is 12.0 Å². The summed E-state index contributed by atoms with van der Waals surface area (Å²) in [5, 5.41) is 10.9. The summed E-state index contributed by atoms with van der Waals surface area (Å²) in [7, 11) is 1.47. The SMILES string of the molecule is Cn1c(=O)[nH]c(=O)c2c1nc(NN)n2C[C@H](O)COc1ccc(Cl)cc1. The molecule has 11 heteroatoms. The van der Waals surface area contributed by atoms with Crippen LogP contribution in [0.4, 0.5) is 5.95 Å². The number of hydrogen-bond acceptors (Lipinski definition) is 7. The van der Waals surface area contributed by atoms with E-state index in [0.717, 1.165) is 0 Å². The molecule has 0 aliphatic carbocycles. The van der Waals surface area contributed by atoms with Gasteiger partial charge in [0.15, 0.2) is 11.2 Å². The van der Waals surface area contributed by atoms with E-state index < -0.39 is 17.4 Å². The molecule has 0 spiro atoms. The van der Waals surface area contributed by atoms with E-state index in [0.29, 0.717) is 10.8 Å². The molecule has 3 rings (SSSR count). The Morgan fingerprint density at radius 1 is 1.38 bits per heavy atom. The van der Waals surface area contributed by atoms with Crippen LogP contribution in [0.2, 0.25) is 5.02 Å². The first kappa shape index (κ1) is 18.0. The normalized spacial score (nSPS) is 12.3. The number of anilines is 1. The van der Waals surface area contributed by atoms with Gasteiger partial charge in [-0.3, -0.25) is 19.8 Å². The smallest absolute Gasteiger partial charge is 0.329 e. The van der Waals surface area contributed by atoms with Crippen LogP contribution >= 0.6 is 11.6 Å². The summed E-state index contributed by atoms with van der Waals surface area (Å²) >= 11 is 5.81.